The van der Waals surface area contributed by atoms with Crippen LogP contribution in [0.15, 0.2) is 18.0 Å². The van der Waals surface area contributed by atoms with Crippen LogP contribution in [-0.2, 0) is 11.0 Å². The number of hydrogen-bond acceptors (Lipinski definition) is 3. The Labute approximate surface area is 138 Å². The van der Waals surface area contributed by atoms with Gasteiger partial charge in [0.05, 0.1) is 5.01 Å². The van der Waals surface area contributed by atoms with Gasteiger partial charge in [-0.3, -0.25) is 4.79 Å². The fraction of sp³-hybridized carbons (Fsp3) is 0.625. The normalized spacial score (nSPS) is 17.3. The number of likely N-dealkylation sites (tertiary alicyclic amines) is 1. The van der Waals surface area contributed by atoms with Gasteiger partial charge < -0.3 is 4.90 Å². The van der Waals surface area contributed by atoms with E-state index in [0.29, 0.717) is 37.4 Å². The van der Waals surface area contributed by atoms with Crippen molar-refractivity contribution in [1.29, 1.82) is 0 Å². The van der Waals surface area contributed by atoms with E-state index in [4.69, 9.17) is 0 Å². The monoisotopic (exact) mass is 346 g/mol. The van der Waals surface area contributed by atoms with Crippen LogP contribution in [0.5, 0.6) is 0 Å². The summed E-state index contributed by atoms with van der Waals surface area (Å²) >= 11 is 1.06. The molecule has 0 saturated carbocycles. The van der Waals surface area contributed by atoms with Crippen LogP contribution in [0.3, 0.4) is 0 Å². The highest BCUT2D eigenvalue weighted by molar-refractivity contribution is 7.09. The molecule has 1 fully saturated rings. The number of rotatable bonds is 4. The second-order valence-corrected chi connectivity index (χ2v) is 7.40. The molecule has 1 aromatic heterocycles. The maximum absolute atomic E-state index is 12.6. The zero-order chi connectivity index (χ0) is 17.3. The number of amides is 1. The number of carbonyl (C=O) groups excluding carboxylic acids is 1. The van der Waals surface area contributed by atoms with Gasteiger partial charge in [0.2, 0.25) is 5.91 Å². The van der Waals surface area contributed by atoms with Crippen LogP contribution in [0.4, 0.5) is 13.2 Å². The number of halogens is 3. The van der Waals surface area contributed by atoms with E-state index < -0.39 is 17.3 Å². The number of hydrogen-bond donors (Lipinski definition) is 0. The van der Waals surface area contributed by atoms with Gasteiger partial charge >= 0.3 is 6.18 Å². The quantitative estimate of drug-likeness (QED) is 0.754. The average Bonchev–Trinajstić information content (AvgIpc) is 2.96. The first-order valence-corrected chi connectivity index (χ1v) is 8.46. The van der Waals surface area contributed by atoms with Crippen molar-refractivity contribution in [2.24, 2.45) is 5.41 Å². The molecule has 23 heavy (non-hydrogen) atoms. The molecule has 0 atom stereocenters. The van der Waals surface area contributed by atoms with Gasteiger partial charge in [0, 0.05) is 29.8 Å². The van der Waals surface area contributed by atoms with Crippen molar-refractivity contribution in [3.05, 3.63) is 28.7 Å². The zero-order valence-electron chi connectivity index (χ0n) is 13.3. The van der Waals surface area contributed by atoms with Crippen molar-refractivity contribution >= 4 is 17.2 Å². The molecule has 0 N–H and O–H groups in total. The number of allylic oxidation sites excluding steroid dienone is 1. The lowest BCUT2D eigenvalue weighted by atomic mass is 9.86. The fourth-order valence-electron chi connectivity index (χ4n) is 2.81. The molecule has 0 radical (unpaired) electrons. The molecular weight excluding hydrogens is 325 g/mol. The summed E-state index contributed by atoms with van der Waals surface area (Å²) < 4.78 is 37.9. The second-order valence-electron chi connectivity index (χ2n) is 6.51. The third-order valence-electron chi connectivity index (χ3n) is 4.18. The molecule has 0 unspecified atom stereocenters. The molecular formula is C16H21F3N2OS. The first-order chi connectivity index (χ1) is 10.6. The Hall–Kier alpha value is -1.37. The van der Waals surface area contributed by atoms with Gasteiger partial charge in [-0.05, 0) is 19.3 Å². The van der Waals surface area contributed by atoms with E-state index in [0.717, 1.165) is 16.7 Å². The minimum Gasteiger partial charge on any atom is -0.342 e. The SMILES string of the molecule is C=CCC(C)(C)C(=O)N1CCC(c2nc(C(F)(F)F)cs2)CC1. The molecule has 0 bridgehead atoms. The Kier molecular flexibility index (Phi) is 5.18. The van der Waals surface area contributed by atoms with Crippen molar-refractivity contribution in [3.8, 4) is 0 Å². The van der Waals surface area contributed by atoms with Crippen molar-refractivity contribution < 1.29 is 18.0 Å². The van der Waals surface area contributed by atoms with E-state index in [9.17, 15) is 18.0 Å². The molecule has 128 valence electrons. The molecule has 1 aliphatic rings. The van der Waals surface area contributed by atoms with E-state index in [2.05, 4.69) is 11.6 Å². The van der Waals surface area contributed by atoms with E-state index in [1.54, 1.807) is 11.0 Å². The van der Waals surface area contributed by atoms with Crippen LogP contribution in [0.25, 0.3) is 0 Å². The van der Waals surface area contributed by atoms with Crippen LogP contribution < -0.4 is 0 Å². The lowest BCUT2D eigenvalue weighted by Gasteiger charge is -2.36. The molecule has 1 saturated heterocycles. The Balaban J connectivity index is 1.97. The smallest absolute Gasteiger partial charge is 0.342 e. The Morgan fingerprint density at radius 3 is 2.52 bits per heavy atom. The van der Waals surface area contributed by atoms with E-state index >= 15 is 0 Å². The molecule has 0 aromatic carbocycles. The summed E-state index contributed by atoms with van der Waals surface area (Å²) in [7, 11) is 0. The van der Waals surface area contributed by atoms with Gasteiger partial charge in [-0.2, -0.15) is 13.2 Å². The lowest BCUT2D eigenvalue weighted by Crippen LogP contribution is -2.44. The molecule has 1 amide bonds. The Morgan fingerprint density at radius 2 is 2.04 bits per heavy atom. The third-order valence-corrected chi connectivity index (χ3v) is 5.18. The van der Waals surface area contributed by atoms with Gasteiger partial charge in [-0.25, -0.2) is 4.98 Å². The second kappa shape index (κ2) is 6.63. The largest absolute Gasteiger partial charge is 0.434 e. The van der Waals surface area contributed by atoms with Crippen molar-refractivity contribution in [3.63, 3.8) is 0 Å². The summed E-state index contributed by atoms with van der Waals surface area (Å²) in [6.07, 6.45) is -0.742. The highest BCUT2D eigenvalue weighted by Crippen LogP contribution is 2.36. The fourth-order valence-corrected chi connectivity index (χ4v) is 3.81. The molecule has 2 heterocycles. The Bertz CT molecular complexity index is 572. The first-order valence-electron chi connectivity index (χ1n) is 7.58. The number of piperidine rings is 1. The molecule has 2 rings (SSSR count). The average molecular weight is 346 g/mol. The van der Waals surface area contributed by atoms with Crippen LogP contribution in [-0.4, -0.2) is 28.9 Å². The minimum atomic E-state index is -4.39. The summed E-state index contributed by atoms with van der Waals surface area (Å²) in [5.74, 6) is 0.0774. The molecule has 0 spiro atoms. The molecule has 7 heteroatoms. The summed E-state index contributed by atoms with van der Waals surface area (Å²) in [5, 5.41) is 1.59. The van der Waals surface area contributed by atoms with Crippen molar-refractivity contribution in [2.75, 3.05) is 13.1 Å². The highest BCUT2D eigenvalue weighted by Gasteiger charge is 2.36. The van der Waals surface area contributed by atoms with Crippen LogP contribution in [0.1, 0.15) is 49.7 Å². The maximum Gasteiger partial charge on any atom is 0.434 e. The van der Waals surface area contributed by atoms with E-state index in [-0.39, 0.29) is 11.8 Å². The van der Waals surface area contributed by atoms with Crippen molar-refractivity contribution in [1.82, 2.24) is 9.88 Å². The predicted octanol–water partition coefficient (Wildman–Crippen LogP) is 4.47. The Morgan fingerprint density at radius 1 is 1.43 bits per heavy atom. The summed E-state index contributed by atoms with van der Waals surface area (Å²) in [4.78, 5) is 18.0. The van der Waals surface area contributed by atoms with E-state index in [1.807, 2.05) is 13.8 Å². The third kappa shape index (κ3) is 4.13. The topological polar surface area (TPSA) is 33.2 Å². The molecule has 3 nitrogen and oxygen atoms in total. The number of thiazole rings is 1. The highest BCUT2D eigenvalue weighted by atomic mass is 32.1. The predicted molar refractivity (Wildman–Crippen MR) is 84.3 cm³/mol. The summed E-state index contributed by atoms with van der Waals surface area (Å²) in [5.41, 5.74) is -1.30. The van der Waals surface area contributed by atoms with E-state index in [1.165, 1.54) is 0 Å². The van der Waals surface area contributed by atoms with Crippen LogP contribution in [0, 0.1) is 5.41 Å². The van der Waals surface area contributed by atoms with Gasteiger partial charge in [0.1, 0.15) is 0 Å². The lowest BCUT2D eigenvalue weighted by molar-refractivity contribution is -0.141. The maximum atomic E-state index is 12.6. The number of alkyl halides is 3. The van der Waals surface area contributed by atoms with Crippen LogP contribution in [0.2, 0.25) is 0 Å². The minimum absolute atomic E-state index is 0.00247. The number of aromatic nitrogens is 1. The summed E-state index contributed by atoms with van der Waals surface area (Å²) in [6.45, 7) is 8.58. The zero-order valence-corrected chi connectivity index (χ0v) is 14.1. The van der Waals surface area contributed by atoms with Crippen molar-refractivity contribution in [2.45, 2.75) is 45.2 Å². The van der Waals surface area contributed by atoms with Gasteiger partial charge in [-0.1, -0.05) is 19.9 Å². The first kappa shape index (κ1) is 18.0. The van der Waals surface area contributed by atoms with Gasteiger partial charge in [-0.15, -0.1) is 17.9 Å². The number of nitrogens with zero attached hydrogens (tertiary/aromatic N) is 2. The van der Waals surface area contributed by atoms with Gasteiger partial charge in [0.15, 0.2) is 5.69 Å². The molecule has 1 aliphatic heterocycles. The molecule has 0 aliphatic carbocycles. The van der Waals surface area contributed by atoms with Crippen LogP contribution >= 0.6 is 11.3 Å². The standard InChI is InChI=1S/C16H21F3N2OS/c1-4-7-15(2,3)14(22)21-8-5-11(6-9-21)13-20-12(10-23-13)16(17,18)19/h4,10-11H,1,5-9H2,2-3H3. The van der Waals surface area contributed by atoms with Gasteiger partial charge in [0.25, 0.3) is 0 Å². The molecule has 1 aromatic rings. The number of carbonyl (C=O) groups is 1. The summed E-state index contributed by atoms with van der Waals surface area (Å²) in [6, 6.07) is 0.